The van der Waals surface area contributed by atoms with Gasteiger partial charge in [-0.05, 0) is 54.6 Å². The number of rotatable bonds is 4. The molecule has 0 atom stereocenters. The van der Waals surface area contributed by atoms with Gasteiger partial charge in [-0.25, -0.2) is 14.1 Å². The normalized spacial score (nSPS) is 10.9. The molecule has 0 radical (unpaired) electrons. The van der Waals surface area contributed by atoms with Crippen LogP contribution in [0.5, 0.6) is 0 Å². The summed E-state index contributed by atoms with van der Waals surface area (Å²) in [5.74, 6) is 0.639. The molecular formula is C12H14FIN4. The van der Waals surface area contributed by atoms with Crippen LogP contribution in [-0.4, -0.2) is 14.8 Å². The molecule has 96 valence electrons. The Balaban J connectivity index is 2.09. The highest BCUT2D eigenvalue weighted by Crippen LogP contribution is 2.19. The molecule has 4 nitrogen and oxygen atoms in total. The van der Waals surface area contributed by atoms with Gasteiger partial charge >= 0.3 is 0 Å². The number of hydrogen-bond donors (Lipinski definition) is 1. The lowest BCUT2D eigenvalue weighted by Crippen LogP contribution is -2.12. The van der Waals surface area contributed by atoms with E-state index in [1.54, 1.807) is 12.4 Å². The van der Waals surface area contributed by atoms with E-state index in [1.165, 1.54) is 12.1 Å². The molecular weight excluding hydrogens is 346 g/mol. The first kappa shape index (κ1) is 13.3. The van der Waals surface area contributed by atoms with Gasteiger partial charge in [0.15, 0.2) is 0 Å². The number of aromatic nitrogens is 3. The van der Waals surface area contributed by atoms with E-state index >= 15 is 0 Å². The number of halogens is 2. The topological polar surface area (TPSA) is 42.7 Å². The summed E-state index contributed by atoms with van der Waals surface area (Å²) in [6.45, 7) is 4.68. The van der Waals surface area contributed by atoms with Gasteiger partial charge in [-0.3, -0.25) is 0 Å². The van der Waals surface area contributed by atoms with Crippen LogP contribution in [0.4, 0.5) is 10.1 Å². The summed E-state index contributed by atoms with van der Waals surface area (Å²) in [7, 11) is 0. The molecule has 1 aromatic heterocycles. The second-order valence-corrected chi connectivity index (χ2v) is 5.35. The first-order valence-electron chi connectivity index (χ1n) is 5.65. The maximum absolute atomic E-state index is 13.0. The van der Waals surface area contributed by atoms with Crippen LogP contribution in [0, 0.1) is 9.39 Å². The number of nitrogens with one attached hydrogen (secondary N) is 1. The maximum atomic E-state index is 13.0. The second-order valence-electron chi connectivity index (χ2n) is 4.19. The van der Waals surface area contributed by atoms with Crippen LogP contribution < -0.4 is 5.32 Å². The summed E-state index contributed by atoms with van der Waals surface area (Å²) >= 11 is 2.10. The second kappa shape index (κ2) is 5.64. The Morgan fingerprint density at radius 1 is 1.44 bits per heavy atom. The van der Waals surface area contributed by atoms with Crippen LogP contribution in [0.25, 0.3) is 0 Å². The van der Waals surface area contributed by atoms with E-state index in [0.29, 0.717) is 6.54 Å². The summed E-state index contributed by atoms with van der Waals surface area (Å²) in [4.78, 5) is 4.21. The molecule has 1 N–H and O–H groups in total. The van der Waals surface area contributed by atoms with E-state index in [0.717, 1.165) is 15.1 Å². The predicted molar refractivity (Wildman–Crippen MR) is 76.9 cm³/mol. The number of anilines is 1. The van der Waals surface area contributed by atoms with Crippen LogP contribution in [-0.2, 0) is 6.54 Å². The highest BCUT2D eigenvalue weighted by Gasteiger charge is 2.08. The Hall–Kier alpha value is -1.18. The lowest BCUT2D eigenvalue weighted by Gasteiger charge is -2.11. The molecule has 0 aliphatic rings. The zero-order chi connectivity index (χ0) is 13.1. The van der Waals surface area contributed by atoms with Crippen molar-refractivity contribution >= 4 is 28.3 Å². The molecule has 0 unspecified atom stereocenters. The summed E-state index contributed by atoms with van der Waals surface area (Å²) in [5, 5.41) is 7.41. The molecule has 1 aromatic carbocycles. The van der Waals surface area contributed by atoms with Crippen LogP contribution in [0.1, 0.15) is 25.7 Å². The summed E-state index contributed by atoms with van der Waals surface area (Å²) in [6.07, 6.45) is 1.55. The minimum absolute atomic E-state index is 0.227. The lowest BCUT2D eigenvalue weighted by molar-refractivity contribution is 0.509. The predicted octanol–water partition coefficient (Wildman–Crippen LogP) is 3.21. The van der Waals surface area contributed by atoms with Gasteiger partial charge in [-0.2, -0.15) is 5.10 Å². The number of hydrogen-bond acceptors (Lipinski definition) is 3. The van der Waals surface area contributed by atoms with Gasteiger partial charge in [0.2, 0.25) is 0 Å². The van der Waals surface area contributed by atoms with E-state index in [-0.39, 0.29) is 11.9 Å². The Labute approximate surface area is 119 Å². The first-order valence-corrected chi connectivity index (χ1v) is 6.73. The van der Waals surface area contributed by atoms with Gasteiger partial charge in [0.25, 0.3) is 0 Å². The Morgan fingerprint density at radius 3 is 2.89 bits per heavy atom. The summed E-state index contributed by atoms with van der Waals surface area (Å²) in [5.41, 5.74) is 0.898. The van der Waals surface area contributed by atoms with Crippen molar-refractivity contribution in [2.75, 3.05) is 5.32 Å². The summed E-state index contributed by atoms with van der Waals surface area (Å²) in [6, 6.07) is 4.94. The Bertz CT molecular complexity index is 539. The molecule has 1 heterocycles. The molecule has 18 heavy (non-hydrogen) atoms. The van der Waals surface area contributed by atoms with Crippen LogP contribution in [0.15, 0.2) is 24.5 Å². The van der Waals surface area contributed by atoms with Crippen molar-refractivity contribution in [3.05, 3.63) is 39.7 Å². The molecule has 0 aliphatic heterocycles. The van der Waals surface area contributed by atoms with E-state index in [1.807, 2.05) is 4.68 Å². The van der Waals surface area contributed by atoms with Gasteiger partial charge in [0, 0.05) is 15.3 Å². The molecule has 6 heteroatoms. The zero-order valence-electron chi connectivity index (χ0n) is 10.2. The van der Waals surface area contributed by atoms with E-state index < -0.39 is 0 Å². The third-order valence-corrected chi connectivity index (χ3v) is 3.40. The average Bonchev–Trinajstić information content (AvgIpc) is 2.76. The Morgan fingerprint density at radius 2 is 2.22 bits per heavy atom. The fourth-order valence-electron chi connectivity index (χ4n) is 1.64. The highest BCUT2D eigenvalue weighted by molar-refractivity contribution is 14.1. The van der Waals surface area contributed by atoms with Crippen LogP contribution >= 0.6 is 22.6 Å². The minimum atomic E-state index is -0.227. The molecule has 0 aliphatic carbocycles. The quantitative estimate of drug-likeness (QED) is 0.852. The van der Waals surface area contributed by atoms with Crippen molar-refractivity contribution in [3.8, 4) is 0 Å². The smallest absolute Gasteiger partial charge is 0.146 e. The van der Waals surface area contributed by atoms with Crippen molar-refractivity contribution in [3.63, 3.8) is 0 Å². The van der Waals surface area contributed by atoms with Gasteiger partial charge in [-0.1, -0.05) is 0 Å². The standard InChI is InChI=1S/C12H14FIN4/c1-8(2)18-12(16-7-17-18)6-15-11-4-3-9(13)5-10(11)14/h3-5,7-8,15H,6H2,1-2H3. The summed E-state index contributed by atoms with van der Waals surface area (Å²) < 4.78 is 15.7. The fourth-order valence-corrected chi connectivity index (χ4v) is 2.31. The molecule has 0 fully saturated rings. The Kier molecular flexibility index (Phi) is 4.15. The van der Waals surface area contributed by atoms with E-state index in [2.05, 4.69) is 51.8 Å². The van der Waals surface area contributed by atoms with Gasteiger partial charge in [0.1, 0.15) is 18.0 Å². The van der Waals surface area contributed by atoms with E-state index in [4.69, 9.17) is 0 Å². The molecule has 0 amide bonds. The SMILES string of the molecule is CC(C)n1ncnc1CNc1ccc(F)cc1I. The molecule has 2 rings (SSSR count). The zero-order valence-corrected chi connectivity index (χ0v) is 12.3. The number of nitrogens with zero attached hydrogens (tertiary/aromatic N) is 3. The van der Waals surface area contributed by atoms with Crippen LogP contribution in [0.3, 0.4) is 0 Å². The van der Waals surface area contributed by atoms with Crippen molar-refractivity contribution in [1.29, 1.82) is 0 Å². The van der Waals surface area contributed by atoms with E-state index in [9.17, 15) is 4.39 Å². The molecule has 0 spiro atoms. The lowest BCUT2D eigenvalue weighted by atomic mass is 10.3. The first-order chi connectivity index (χ1) is 8.58. The highest BCUT2D eigenvalue weighted by atomic mass is 127. The monoisotopic (exact) mass is 360 g/mol. The van der Waals surface area contributed by atoms with Gasteiger partial charge in [0.05, 0.1) is 6.54 Å². The van der Waals surface area contributed by atoms with Gasteiger partial charge in [-0.15, -0.1) is 0 Å². The van der Waals surface area contributed by atoms with Crippen molar-refractivity contribution in [2.45, 2.75) is 26.4 Å². The molecule has 0 bridgehead atoms. The van der Waals surface area contributed by atoms with Crippen molar-refractivity contribution in [2.24, 2.45) is 0 Å². The van der Waals surface area contributed by atoms with Gasteiger partial charge < -0.3 is 5.32 Å². The van der Waals surface area contributed by atoms with Crippen molar-refractivity contribution < 1.29 is 4.39 Å². The molecule has 0 saturated heterocycles. The fraction of sp³-hybridized carbons (Fsp3) is 0.333. The molecule has 2 aromatic rings. The maximum Gasteiger partial charge on any atom is 0.146 e. The third-order valence-electron chi connectivity index (χ3n) is 2.50. The van der Waals surface area contributed by atoms with Crippen LogP contribution in [0.2, 0.25) is 0 Å². The van der Waals surface area contributed by atoms with Crippen molar-refractivity contribution in [1.82, 2.24) is 14.8 Å². The molecule has 0 saturated carbocycles. The number of benzene rings is 1. The average molecular weight is 360 g/mol. The minimum Gasteiger partial charge on any atom is -0.377 e. The largest absolute Gasteiger partial charge is 0.377 e. The third kappa shape index (κ3) is 2.98.